The monoisotopic (exact) mass is 886 g/mol. The maximum absolute atomic E-state index is 12.7. The van der Waals surface area contributed by atoms with E-state index in [4.69, 9.17) is 18.5 Å². The molecule has 10 heteroatoms. The number of rotatable bonds is 48. The molecule has 0 saturated carbocycles. The van der Waals surface area contributed by atoms with Crippen molar-refractivity contribution in [3.05, 3.63) is 12.2 Å². The van der Waals surface area contributed by atoms with E-state index in [-0.39, 0.29) is 32.0 Å². The summed E-state index contributed by atoms with van der Waals surface area (Å²) in [5.41, 5.74) is 0. The Bertz CT molecular complexity index is 1050. The van der Waals surface area contributed by atoms with Gasteiger partial charge in [0.25, 0.3) is 7.82 Å². The third kappa shape index (κ3) is 48.1. The van der Waals surface area contributed by atoms with E-state index >= 15 is 0 Å². The molecule has 0 fully saturated rings. The van der Waals surface area contributed by atoms with Crippen molar-refractivity contribution >= 4 is 19.8 Å². The molecule has 0 aromatic heterocycles. The van der Waals surface area contributed by atoms with Crippen LogP contribution in [0, 0.1) is 0 Å². The Morgan fingerprint density at radius 2 is 0.836 bits per heavy atom. The van der Waals surface area contributed by atoms with E-state index in [0.29, 0.717) is 17.4 Å². The fourth-order valence-corrected chi connectivity index (χ4v) is 8.20. The molecule has 0 amide bonds. The number of carbonyl (C=O) groups is 2. The van der Waals surface area contributed by atoms with E-state index in [9.17, 15) is 19.0 Å². The molecule has 61 heavy (non-hydrogen) atoms. The predicted octanol–water partition coefficient (Wildman–Crippen LogP) is 14.7. The Morgan fingerprint density at radius 3 is 1.23 bits per heavy atom. The van der Waals surface area contributed by atoms with Crippen LogP contribution in [0.15, 0.2) is 12.2 Å². The van der Waals surface area contributed by atoms with Crippen LogP contribution in [-0.2, 0) is 32.7 Å². The highest BCUT2D eigenvalue weighted by molar-refractivity contribution is 7.45. The van der Waals surface area contributed by atoms with Crippen LogP contribution in [0.5, 0.6) is 0 Å². The van der Waals surface area contributed by atoms with Gasteiger partial charge in [-0.15, -0.1) is 0 Å². The highest BCUT2D eigenvalue weighted by Gasteiger charge is 2.21. The smallest absolute Gasteiger partial charge is 0.306 e. The van der Waals surface area contributed by atoms with Crippen LogP contribution in [0.4, 0.5) is 0 Å². The summed E-state index contributed by atoms with van der Waals surface area (Å²) in [6, 6.07) is 0. The number of phosphoric ester groups is 1. The van der Waals surface area contributed by atoms with Crippen molar-refractivity contribution in [3.8, 4) is 0 Å². The summed E-state index contributed by atoms with van der Waals surface area (Å²) in [7, 11) is 1.18. The molecule has 0 N–H and O–H groups in total. The van der Waals surface area contributed by atoms with Gasteiger partial charge in [-0.2, -0.15) is 0 Å². The molecule has 0 radical (unpaired) electrons. The summed E-state index contributed by atoms with van der Waals surface area (Å²) < 4.78 is 34.0. The van der Waals surface area contributed by atoms with Crippen LogP contribution in [0.1, 0.15) is 251 Å². The van der Waals surface area contributed by atoms with Gasteiger partial charge in [-0.3, -0.25) is 14.2 Å². The second-order valence-corrected chi connectivity index (χ2v) is 20.3. The van der Waals surface area contributed by atoms with Gasteiger partial charge in [0.15, 0.2) is 6.10 Å². The minimum absolute atomic E-state index is 0.0283. The van der Waals surface area contributed by atoms with E-state index < -0.39 is 26.5 Å². The number of nitrogens with zero attached hydrogens (tertiary/aromatic N) is 1. The first-order valence-electron chi connectivity index (χ1n) is 25.9. The minimum Gasteiger partial charge on any atom is -0.756 e. The Hall–Kier alpha value is -1.25. The lowest BCUT2D eigenvalue weighted by molar-refractivity contribution is -0.870. The number of phosphoric acid groups is 1. The zero-order valence-corrected chi connectivity index (χ0v) is 41.8. The third-order valence-corrected chi connectivity index (χ3v) is 12.5. The quantitative estimate of drug-likeness (QED) is 0.0195. The summed E-state index contributed by atoms with van der Waals surface area (Å²) in [5, 5.41) is 0. The first-order chi connectivity index (χ1) is 29.5. The van der Waals surface area contributed by atoms with Crippen molar-refractivity contribution in [2.45, 2.75) is 258 Å². The second kappa shape index (κ2) is 44.0. The maximum atomic E-state index is 12.7. The first kappa shape index (κ1) is 59.8. The molecular formula is C51H100NO8P. The lowest BCUT2D eigenvalue weighted by Crippen LogP contribution is -2.37. The van der Waals surface area contributed by atoms with Crippen LogP contribution in [0.2, 0.25) is 0 Å². The lowest BCUT2D eigenvalue weighted by atomic mass is 10.0. The van der Waals surface area contributed by atoms with Crippen LogP contribution in [-0.4, -0.2) is 70.0 Å². The number of hydrogen-bond acceptors (Lipinski definition) is 8. The normalized spacial score (nSPS) is 13.5. The molecule has 362 valence electrons. The zero-order chi connectivity index (χ0) is 45.0. The van der Waals surface area contributed by atoms with E-state index in [0.717, 1.165) is 44.9 Å². The average Bonchev–Trinajstić information content (AvgIpc) is 3.21. The number of unbranched alkanes of at least 4 members (excludes halogenated alkanes) is 32. The number of carbonyl (C=O) groups excluding carboxylic acids is 2. The Balaban J connectivity index is 4.17. The fourth-order valence-electron chi connectivity index (χ4n) is 7.48. The molecule has 1 unspecified atom stereocenters. The summed E-state index contributed by atoms with van der Waals surface area (Å²) in [6.07, 6.45) is 48.1. The van der Waals surface area contributed by atoms with Gasteiger partial charge in [0.05, 0.1) is 27.7 Å². The van der Waals surface area contributed by atoms with Gasteiger partial charge in [-0.05, 0) is 38.5 Å². The van der Waals surface area contributed by atoms with Crippen molar-refractivity contribution < 1.29 is 42.1 Å². The number of allylic oxidation sites excluding steroid dienone is 2. The Labute approximate surface area is 377 Å². The summed E-state index contributed by atoms with van der Waals surface area (Å²) >= 11 is 0. The van der Waals surface area contributed by atoms with E-state index in [1.807, 2.05) is 21.1 Å². The number of hydrogen-bond donors (Lipinski definition) is 0. The summed E-state index contributed by atoms with van der Waals surface area (Å²) in [4.78, 5) is 37.7. The maximum Gasteiger partial charge on any atom is 0.306 e. The van der Waals surface area contributed by atoms with Gasteiger partial charge in [-0.25, -0.2) is 0 Å². The van der Waals surface area contributed by atoms with Crippen molar-refractivity contribution in [3.63, 3.8) is 0 Å². The lowest BCUT2D eigenvalue weighted by Gasteiger charge is -2.28. The van der Waals surface area contributed by atoms with Gasteiger partial charge in [0.2, 0.25) is 0 Å². The molecular weight excluding hydrogens is 786 g/mol. The van der Waals surface area contributed by atoms with Crippen LogP contribution >= 0.6 is 7.82 Å². The van der Waals surface area contributed by atoms with E-state index in [1.54, 1.807) is 0 Å². The summed E-state index contributed by atoms with van der Waals surface area (Å²) in [5.74, 6) is -0.824. The standard InChI is InChI=1S/C51H100NO8P/c1-6-8-10-12-14-16-18-20-22-23-24-25-26-27-28-30-31-33-35-37-39-41-43-50(53)57-47-49(48-59-61(55,56)58-46-45-52(3,4)5)60-51(54)44-42-40-38-36-34-32-29-21-19-17-15-13-11-9-7-2/h17,19,49H,6-16,18,20-48H2,1-5H3/b19-17+/t49-/m1/s1. The molecule has 2 atom stereocenters. The molecule has 0 saturated heterocycles. The Morgan fingerprint density at radius 1 is 0.492 bits per heavy atom. The van der Waals surface area contributed by atoms with Gasteiger partial charge >= 0.3 is 11.9 Å². The van der Waals surface area contributed by atoms with Crippen LogP contribution in [0.25, 0.3) is 0 Å². The SMILES string of the molecule is CCCCCC/C=C/CCCCCCCCCC(=O)O[C@H](COC(=O)CCCCCCCCCCCCCCCCCCCCCCCC)COP(=O)([O-])OCC[N+](C)(C)C. The van der Waals surface area contributed by atoms with E-state index in [1.165, 1.54) is 173 Å². The second-order valence-electron chi connectivity index (χ2n) is 18.9. The molecule has 0 aliphatic rings. The molecule has 0 bridgehead atoms. The van der Waals surface area contributed by atoms with Crippen LogP contribution in [0.3, 0.4) is 0 Å². The molecule has 0 aromatic carbocycles. The Kier molecular flexibility index (Phi) is 43.1. The van der Waals surface area contributed by atoms with Crippen molar-refractivity contribution in [1.82, 2.24) is 0 Å². The fraction of sp³-hybridized carbons (Fsp3) is 0.922. The van der Waals surface area contributed by atoms with Gasteiger partial charge in [-0.1, -0.05) is 212 Å². The molecule has 0 spiro atoms. The molecule has 0 aliphatic heterocycles. The first-order valence-corrected chi connectivity index (χ1v) is 27.4. The largest absolute Gasteiger partial charge is 0.756 e. The average molecular weight is 886 g/mol. The van der Waals surface area contributed by atoms with Gasteiger partial charge in [0.1, 0.15) is 19.8 Å². The molecule has 0 aromatic rings. The number of ether oxygens (including phenoxy) is 2. The van der Waals surface area contributed by atoms with Crippen LogP contribution < -0.4 is 4.89 Å². The predicted molar refractivity (Wildman–Crippen MR) is 255 cm³/mol. The number of quaternary nitrogens is 1. The minimum atomic E-state index is -4.62. The van der Waals surface area contributed by atoms with Crippen molar-refractivity contribution in [2.75, 3.05) is 47.5 Å². The molecule has 0 rings (SSSR count). The highest BCUT2D eigenvalue weighted by Crippen LogP contribution is 2.38. The molecule has 9 nitrogen and oxygen atoms in total. The van der Waals surface area contributed by atoms with E-state index in [2.05, 4.69) is 26.0 Å². The number of likely N-dealkylation sites (N-methyl/N-ethyl adjacent to an activating group) is 1. The zero-order valence-electron chi connectivity index (χ0n) is 40.9. The number of esters is 2. The molecule has 0 aliphatic carbocycles. The third-order valence-electron chi connectivity index (χ3n) is 11.5. The molecule has 0 heterocycles. The topological polar surface area (TPSA) is 111 Å². The van der Waals surface area contributed by atoms with Crippen molar-refractivity contribution in [2.24, 2.45) is 0 Å². The van der Waals surface area contributed by atoms with Gasteiger partial charge < -0.3 is 27.9 Å². The van der Waals surface area contributed by atoms with Crippen molar-refractivity contribution in [1.29, 1.82) is 0 Å². The summed E-state index contributed by atoms with van der Waals surface area (Å²) in [6.45, 7) is 4.26. The highest BCUT2D eigenvalue weighted by atomic mass is 31.2. The van der Waals surface area contributed by atoms with Gasteiger partial charge in [0, 0.05) is 12.8 Å².